The summed E-state index contributed by atoms with van der Waals surface area (Å²) in [4.78, 5) is 15.2. The third kappa shape index (κ3) is 4.08. The number of rotatable bonds is 5. The second kappa shape index (κ2) is 8.30. The van der Waals surface area contributed by atoms with Gasteiger partial charge >= 0.3 is 0 Å². The molecule has 4 rings (SSSR count). The first-order valence-electron chi connectivity index (χ1n) is 9.73. The van der Waals surface area contributed by atoms with E-state index in [2.05, 4.69) is 33.1 Å². The summed E-state index contributed by atoms with van der Waals surface area (Å²) >= 11 is 0. The number of carbonyl (C=O) groups is 1. The number of anilines is 2. The maximum atomic E-state index is 12.9. The molecule has 0 unspecified atom stereocenters. The van der Waals surface area contributed by atoms with Gasteiger partial charge in [-0.1, -0.05) is 42.5 Å². The monoisotopic (exact) mass is 421 g/mol. The molecule has 0 aromatic heterocycles. The van der Waals surface area contributed by atoms with Gasteiger partial charge in [0.05, 0.1) is 16.3 Å². The lowest BCUT2D eigenvalue weighted by molar-refractivity contribution is 0.102. The van der Waals surface area contributed by atoms with Gasteiger partial charge in [0.15, 0.2) is 0 Å². The Morgan fingerprint density at radius 3 is 2.47 bits per heavy atom. The van der Waals surface area contributed by atoms with Crippen LogP contribution in [-0.4, -0.2) is 27.9 Å². The molecule has 1 heterocycles. The molecule has 0 radical (unpaired) electrons. The average molecular weight is 422 g/mol. The standard InChI is InChI=1S/C23H23N3O3S/c1-24-30(28,29)20-10-6-9-18(15-20)23(27)25-21-11-4-5-12-22(21)26-14-13-17-7-2-3-8-19(17)16-26/h2-12,15,24H,13-14,16H2,1H3,(H,25,27). The fourth-order valence-corrected chi connectivity index (χ4v) is 4.45. The molecule has 3 aromatic carbocycles. The highest BCUT2D eigenvalue weighted by Gasteiger charge is 2.20. The van der Waals surface area contributed by atoms with Crippen molar-refractivity contribution in [3.05, 3.63) is 89.5 Å². The van der Waals surface area contributed by atoms with Gasteiger partial charge in [-0.2, -0.15) is 0 Å². The summed E-state index contributed by atoms with van der Waals surface area (Å²) in [6.45, 7) is 1.64. The molecule has 0 atom stereocenters. The first kappa shape index (κ1) is 20.1. The lowest BCUT2D eigenvalue weighted by atomic mass is 9.99. The summed E-state index contributed by atoms with van der Waals surface area (Å²) in [5.41, 5.74) is 4.57. The Hall–Kier alpha value is -3.16. The summed E-state index contributed by atoms with van der Waals surface area (Å²) in [6, 6.07) is 22.1. The first-order valence-corrected chi connectivity index (χ1v) is 11.2. The largest absolute Gasteiger partial charge is 0.365 e. The van der Waals surface area contributed by atoms with Crippen LogP contribution < -0.4 is 14.9 Å². The van der Waals surface area contributed by atoms with Crippen molar-refractivity contribution in [1.82, 2.24) is 4.72 Å². The minimum absolute atomic E-state index is 0.0542. The van der Waals surface area contributed by atoms with Gasteiger partial charge in [-0.3, -0.25) is 4.79 Å². The number of fused-ring (bicyclic) bond motifs is 1. The highest BCUT2D eigenvalue weighted by molar-refractivity contribution is 7.89. The molecule has 0 saturated carbocycles. The molecule has 2 N–H and O–H groups in total. The van der Waals surface area contributed by atoms with Crippen molar-refractivity contribution in [2.24, 2.45) is 0 Å². The topological polar surface area (TPSA) is 78.5 Å². The lowest BCUT2D eigenvalue weighted by Crippen LogP contribution is -2.31. The van der Waals surface area contributed by atoms with Crippen molar-refractivity contribution in [1.29, 1.82) is 0 Å². The molecular weight excluding hydrogens is 398 g/mol. The van der Waals surface area contributed by atoms with Crippen LogP contribution in [0.4, 0.5) is 11.4 Å². The summed E-state index contributed by atoms with van der Waals surface area (Å²) in [5, 5.41) is 2.95. The number of nitrogens with zero attached hydrogens (tertiary/aromatic N) is 1. The van der Waals surface area contributed by atoms with E-state index >= 15 is 0 Å². The predicted molar refractivity (Wildman–Crippen MR) is 118 cm³/mol. The zero-order valence-corrected chi connectivity index (χ0v) is 17.4. The average Bonchev–Trinajstić information content (AvgIpc) is 2.79. The van der Waals surface area contributed by atoms with Crippen molar-refractivity contribution in [2.75, 3.05) is 23.8 Å². The SMILES string of the molecule is CNS(=O)(=O)c1cccc(C(=O)Nc2ccccc2N2CCc3ccccc3C2)c1. The molecule has 30 heavy (non-hydrogen) atoms. The molecule has 0 saturated heterocycles. The van der Waals surface area contributed by atoms with Crippen LogP contribution in [0.2, 0.25) is 0 Å². The number of amides is 1. The molecule has 0 bridgehead atoms. The van der Waals surface area contributed by atoms with Crippen molar-refractivity contribution in [2.45, 2.75) is 17.9 Å². The van der Waals surface area contributed by atoms with Crippen LogP contribution in [-0.2, 0) is 23.0 Å². The Morgan fingerprint density at radius 1 is 0.933 bits per heavy atom. The quantitative estimate of drug-likeness (QED) is 0.662. The fraction of sp³-hybridized carbons (Fsp3) is 0.174. The Labute approximate surface area is 176 Å². The number of carbonyl (C=O) groups excluding carboxylic acids is 1. The zero-order chi connectivity index (χ0) is 21.1. The Kier molecular flexibility index (Phi) is 5.57. The molecule has 7 heteroatoms. The molecule has 6 nitrogen and oxygen atoms in total. The Bertz CT molecular complexity index is 1190. The third-order valence-corrected chi connectivity index (χ3v) is 6.71. The second-order valence-electron chi connectivity index (χ2n) is 7.15. The summed E-state index contributed by atoms with van der Waals surface area (Å²) < 4.78 is 26.4. The maximum absolute atomic E-state index is 12.9. The van der Waals surface area contributed by atoms with E-state index in [1.165, 1.54) is 30.3 Å². The van der Waals surface area contributed by atoms with Gasteiger partial charge in [-0.05, 0) is 54.9 Å². The van der Waals surface area contributed by atoms with Crippen LogP contribution >= 0.6 is 0 Å². The van der Waals surface area contributed by atoms with E-state index in [1.807, 2.05) is 30.3 Å². The van der Waals surface area contributed by atoms with Crippen molar-refractivity contribution in [3.63, 3.8) is 0 Å². The summed E-state index contributed by atoms with van der Waals surface area (Å²) in [7, 11) is -2.28. The van der Waals surface area contributed by atoms with E-state index in [0.29, 0.717) is 5.69 Å². The molecule has 0 fully saturated rings. The maximum Gasteiger partial charge on any atom is 0.255 e. The Balaban J connectivity index is 1.58. The van der Waals surface area contributed by atoms with Crippen LogP contribution in [0.3, 0.4) is 0 Å². The highest BCUT2D eigenvalue weighted by atomic mass is 32.2. The minimum atomic E-state index is -3.62. The van der Waals surface area contributed by atoms with Gasteiger partial charge in [-0.25, -0.2) is 13.1 Å². The highest BCUT2D eigenvalue weighted by Crippen LogP contribution is 2.31. The number of nitrogens with one attached hydrogen (secondary N) is 2. The van der Waals surface area contributed by atoms with Gasteiger partial charge in [0.25, 0.3) is 5.91 Å². The smallest absolute Gasteiger partial charge is 0.255 e. The molecular formula is C23H23N3O3S. The third-order valence-electron chi connectivity index (χ3n) is 5.30. The van der Waals surface area contributed by atoms with Gasteiger partial charge in [-0.15, -0.1) is 0 Å². The van der Waals surface area contributed by atoms with E-state index < -0.39 is 10.0 Å². The van der Waals surface area contributed by atoms with Crippen molar-refractivity contribution in [3.8, 4) is 0 Å². The van der Waals surface area contributed by atoms with Gasteiger partial charge in [0.2, 0.25) is 10.0 Å². The molecule has 0 aliphatic carbocycles. The predicted octanol–water partition coefficient (Wildman–Crippen LogP) is 3.41. The van der Waals surface area contributed by atoms with E-state index in [0.717, 1.165) is 25.2 Å². The molecule has 1 amide bonds. The van der Waals surface area contributed by atoms with Crippen molar-refractivity contribution >= 4 is 27.3 Å². The van der Waals surface area contributed by atoms with Gasteiger partial charge < -0.3 is 10.2 Å². The molecule has 1 aliphatic heterocycles. The van der Waals surface area contributed by atoms with E-state index in [4.69, 9.17) is 0 Å². The zero-order valence-electron chi connectivity index (χ0n) is 16.6. The molecule has 3 aromatic rings. The van der Waals surface area contributed by atoms with Crippen LogP contribution in [0.1, 0.15) is 21.5 Å². The number of sulfonamides is 1. The summed E-state index contributed by atoms with van der Waals surface area (Å²) in [5.74, 6) is -0.354. The fourth-order valence-electron chi connectivity index (χ4n) is 3.67. The first-order chi connectivity index (χ1) is 14.5. The van der Waals surface area contributed by atoms with Gasteiger partial charge in [0.1, 0.15) is 0 Å². The number of benzene rings is 3. The van der Waals surface area contributed by atoms with E-state index in [-0.39, 0.29) is 16.4 Å². The molecule has 0 spiro atoms. The van der Waals surface area contributed by atoms with Crippen LogP contribution in [0.15, 0.2) is 77.7 Å². The van der Waals surface area contributed by atoms with E-state index in [9.17, 15) is 13.2 Å². The van der Waals surface area contributed by atoms with Crippen molar-refractivity contribution < 1.29 is 13.2 Å². The Morgan fingerprint density at radius 2 is 1.67 bits per heavy atom. The van der Waals surface area contributed by atoms with Crippen LogP contribution in [0.5, 0.6) is 0 Å². The van der Waals surface area contributed by atoms with Crippen LogP contribution in [0, 0.1) is 0 Å². The number of para-hydroxylation sites is 2. The number of hydrogen-bond donors (Lipinski definition) is 2. The molecule has 1 aliphatic rings. The lowest BCUT2D eigenvalue weighted by Gasteiger charge is -2.32. The number of hydrogen-bond acceptors (Lipinski definition) is 4. The summed E-state index contributed by atoms with van der Waals surface area (Å²) in [6.07, 6.45) is 0.947. The van der Waals surface area contributed by atoms with Gasteiger partial charge in [0, 0.05) is 18.7 Å². The molecule has 154 valence electrons. The minimum Gasteiger partial charge on any atom is -0.365 e. The van der Waals surface area contributed by atoms with Crippen LogP contribution in [0.25, 0.3) is 0 Å². The van der Waals surface area contributed by atoms with E-state index in [1.54, 1.807) is 12.1 Å². The normalized spacial score (nSPS) is 13.6. The second-order valence-corrected chi connectivity index (χ2v) is 9.03.